The van der Waals surface area contributed by atoms with Gasteiger partial charge in [-0.15, -0.1) is 0 Å². The SMILES string of the molecule is Cc1ccc(COCc2ccc(F)cc2F)c([N+](=O)[O-])c1. The van der Waals surface area contributed by atoms with Gasteiger partial charge in [-0.1, -0.05) is 12.1 Å². The molecule has 0 heterocycles. The minimum Gasteiger partial charge on any atom is -0.372 e. The molecule has 0 fully saturated rings. The van der Waals surface area contributed by atoms with Crippen molar-refractivity contribution >= 4 is 5.69 Å². The summed E-state index contributed by atoms with van der Waals surface area (Å²) in [5, 5.41) is 10.9. The molecular formula is C15H13F2NO3. The number of nitro benzene ring substituents is 1. The molecule has 6 heteroatoms. The van der Waals surface area contributed by atoms with E-state index < -0.39 is 16.6 Å². The minimum absolute atomic E-state index is 0.0204. The van der Waals surface area contributed by atoms with Gasteiger partial charge in [0.05, 0.1) is 23.7 Å². The number of aryl methyl sites for hydroxylation is 1. The second kappa shape index (κ2) is 6.41. The van der Waals surface area contributed by atoms with Gasteiger partial charge in [0.2, 0.25) is 0 Å². The van der Waals surface area contributed by atoms with Crippen molar-refractivity contribution in [1.29, 1.82) is 0 Å². The first-order chi connectivity index (χ1) is 9.97. The zero-order valence-corrected chi connectivity index (χ0v) is 11.3. The van der Waals surface area contributed by atoms with E-state index in [0.717, 1.165) is 17.7 Å². The maximum absolute atomic E-state index is 13.4. The lowest BCUT2D eigenvalue weighted by atomic mass is 10.1. The highest BCUT2D eigenvalue weighted by atomic mass is 19.1. The first-order valence-corrected chi connectivity index (χ1v) is 6.23. The third-order valence-corrected chi connectivity index (χ3v) is 2.97. The van der Waals surface area contributed by atoms with Crippen molar-refractivity contribution in [3.63, 3.8) is 0 Å². The molecule has 0 saturated carbocycles. The van der Waals surface area contributed by atoms with Crippen LogP contribution in [0.3, 0.4) is 0 Å². The van der Waals surface area contributed by atoms with Crippen LogP contribution < -0.4 is 0 Å². The van der Waals surface area contributed by atoms with Crippen LogP contribution in [0.1, 0.15) is 16.7 Å². The Morgan fingerprint density at radius 2 is 1.76 bits per heavy atom. The van der Waals surface area contributed by atoms with Gasteiger partial charge < -0.3 is 4.74 Å². The third kappa shape index (κ3) is 3.82. The van der Waals surface area contributed by atoms with E-state index >= 15 is 0 Å². The van der Waals surface area contributed by atoms with Crippen LogP contribution in [-0.4, -0.2) is 4.92 Å². The fourth-order valence-electron chi connectivity index (χ4n) is 1.88. The van der Waals surface area contributed by atoms with Crippen molar-refractivity contribution in [3.05, 3.63) is 74.8 Å². The molecule has 0 aliphatic carbocycles. The maximum Gasteiger partial charge on any atom is 0.275 e. The Morgan fingerprint density at radius 1 is 1.10 bits per heavy atom. The normalized spacial score (nSPS) is 10.6. The molecule has 0 spiro atoms. The standard InChI is InChI=1S/C15H13F2NO3/c1-10-2-3-12(15(6-10)18(19)20)9-21-8-11-4-5-13(16)7-14(11)17/h2-7H,8-9H2,1H3. The molecular weight excluding hydrogens is 280 g/mol. The minimum atomic E-state index is -0.701. The molecule has 110 valence electrons. The average Bonchev–Trinajstić information content (AvgIpc) is 2.42. The van der Waals surface area contributed by atoms with Gasteiger partial charge >= 0.3 is 0 Å². The largest absolute Gasteiger partial charge is 0.372 e. The van der Waals surface area contributed by atoms with Crippen molar-refractivity contribution in [1.82, 2.24) is 0 Å². The molecule has 0 aliphatic rings. The summed E-state index contributed by atoms with van der Waals surface area (Å²) in [4.78, 5) is 10.5. The van der Waals surface area contributed by atoms with E-state index in [2.05, 4.69) is 0 Å². The molecule has 2 aromatic carbocycles. The van der Waals surface area contributed by atoms with E-state index in [1.165, 1.54) is 12.1 Å². The Bertz CT molecular complexity index is 674. The number of nitrogens with zero attached hydrogens (tertiary/aromatic N) is 1. The Hall–Kier alpha value is -2.34. The first-order valence-electron chi connectivity index (χ1n) is 6.23. The van der Waals surface area contributed by atoms with Gasteiger partial charge in [0.15, 0.2) is 0 Å². The second-order valence-electron chi connectivity index (χ2n) is 4.62. The van der Waals surface area contributed by atoms with Crippen LogP contribution in [0, 0.1) is 28.7 Å². The smallest absolute Gasteiger partial charge is 0.275 e. The Labute approximate surface area is 120 Å². The van der Waals surface area contributed by atoms with Gasteiger partial charge in [-0.05, 0) is 24.6 Å². The highest BCUT2D eigenvalue weighted by molar-refractivity contribution is 5.42. The van der Waals surface area contributed by atoms with Crippen LogP contribution in [-0.2, 0) is 18.0 Å². The summed E-state index contributed by atoms with van der Waals surface area (Å²) < 4.78 is 31.5. The summed E-state index contributed by atoms with van der Waals surface area (Å²) in [5.41, 5.74) is 1.35. The van der Waals surface area contributed by atoms with E-state index in [-0.39, 0.29) is 24.5 Å². The van der Waals surface area contributed by atoms with E-state index in [1.54, 1.807) is 19.1 Å². The molecule has 0 N–H and O–H groups in total. The molecule has 0 radical (unpaired) electrons. The quantitative estimate of drug-likeness (QED) is 0.620. The lowest BCUT2D eigenvalue weighted by molar-refractivity contribution is -0.386. The molecule has 0 aromatic heterocycles. The zero-order chi connectivity index (χ0) is 15.4. The zero-order valence-electron chi connectivity index (χ0n) is 11.3. The van der Waals surface area contributed by atoms with Crippen molar-refractivity contribution in [2.45, 2.75) is 20.1 Å². The monoisotopic (exact) mass is 293 g/mol. The molecule has 0 atom stereocenters. The van der Waals surface area contributed by atoms with Crippen molar-refractivity contribution < 1.29 is 18.4 Å². The van der Waals surface area contributed by atoms with Crippen LogP contribution in [0.4, 0.5) is 14.5 Å². The van der Waals surface area contributed by atoms with Gasteiger partial charge in [0, 0.05) is 17.7 Å². The summed E-state index contributed by atoms with van der Waals surface area (Å²) in [6.45, 7) is 1.65. The fourth-order valence-corrected chi connectivity index (χ4v) is 1.88. The Kier molecular flexibility index (Phi) is 4.59. The lowest BCUT2D eigenvalue weighted by Crippen LogP contribution is -2.01. The number of benzene rings is 2. The summed E-state index contributed by atoms with van der Waals surface area (Å²) in [6.07, 6.45) is 0. The summed E-state index contributed by atoms with van der Waals surface area (Å²) >= 11 is 0. The van der Waals surface area contributed by atoms with E-state index in [4.69, 9.17) is 4.74 Å². The molecule has 0 saturated heterocycles. The van der Waals surface area contributed by atoms with Gasteiger partial charge in [0.25, 0.3) is 5.69 Å². The van der Waals surface area contributed by atoms with Crippen LogP contribution in [0.5, 0.6) is 0 Å². The number of nitro groups is 1. The van der Waals surface area contributed by atoms with Crippen LogP contribution in [0.15, 0.2) is 36.4 Å². The van der Waals surface area contributed by atoms with Crippen molar-refractivity contribution in [2.24, 2.45) is 0 Å². The molecule has 4 nitrogen and oxygen atoms in total. The van der Waals surface area contributed by atoms with Crippen molar-refractivity contribution in [3.8, 4) is 0 Å². The lowest BCUT2D eigenvalue weighted by Gasteiger charge is -2.07. The molecule has 21 heavy (non-hydrogen) atoms. The van der Waals surface area contributed by atoms with Gasteiger partial charge in [-0.25, -0.2) is 8.78 Å². The molecule has 0 unspecified atom stereocenters. The third-order valence-electron chi connectivity index (χ3n) is 2.97. The summed E-state index contributed by atoms with van der Waals surface area (Å²) in [5.74, 6) is -1.36. The molecule has 0 aliphatic heterocycles. The predicted octanol–water partition coefficient (Wildman–Crippen LogP) is 3.90. The van der Waals surface area contributed by atoms with E-state index in [0.29, 0.717) is 5.56 Å². The Morgan fingerprint density at radius 3 is 2.43 bits per heavy atom. The second-order valence-corrected chi connectivity index (χ2v) is 4.62. The first kappa shape index (κ1) is 15.1. The van der Waals surface area contributed by atoms with Gasteiger partial charge in [0.1, 0.15) is 11.6 Å². The summed E-state index contributed by atoms with van der Waals surface area (Å²) in [7, 11) is 0. The molecule has 2 rings (SSSR count). The number of halogens is 2. The average molecular weight is 293 g/mol. The molecule has 0 bridgehead atoms. The van der Waals surface area contributed by atoms with Crippen LogP contribution in [0.2, 0.25) is 0 Å². The fraction of sp³-hybridized carbons (Fsp3) is 0.200. The van der Waals surface area contributed by atoms with E-state index in [1.807, 2.05) is 0 Å². The molecule has 0 amide bonds. The highest BCUT2D eigenvalue weighted by Gasteiger charge is 2.14. The highest BCUT2D eigenvalue weighted by Crippen LogP contribution is 2.21. The maximum atomic E-state index is 13.4. The topological polar surface area (TPSA) is 52.4 Å². The van der Waals surface area contributed by atoms with Crippen LogP contribution in [0.25, 0.3) is 0 Å². The van der Waals surface area contributed by atoms with Crippen molar-refractivity contribution in [2.75, 3.05) is 0 Å². The number of hydrogen-bond acceptors (Lipinski definition) is 3. The Balaban J connectivity index is 2.05. The van der Waals surface area contributed by atoms with Gasteiger partial charge in [-0.3, -0.25) is 10.1 Å². The number of ether oxygens (including phenoxy) is 1. The predicted molar refractivity (Wildman–Crippen MR) is 72.7 cm³/mol. The number of hydrogen-bond donors (Lipinski definition) is 0. The van der Waals surface area contributed by atoms with Crippen LogP contribution >= 0.6 is 0 Å². The summed E-state index contributed by atoms with van der Waals surface area (Å²) in [6, 6.07) is 7.99. The molecule has 2 aromatic rings. The van der Waals surface area contributed by atoms with E-state index in [9.17, 15) is 18.9 Å². The number of rotatable bonds is 5. The van der Waals surface area contributed by atoms with Gasteiger partial charge in [-0.2, -0.15) is 0 Å².